The monoisotopic (exact) mass is 403 g/mol. The zero-order valence-electron chi connectivity index (χ0n) is 12.9. The first-order chi connectivity index (χ1) is 11.9. The van der Waals surface area contributed by atoms with Crippen LogP contribution in [0.5, 0.6) is 11.8 Å². The van der Waals surface area contributed by atoms with Gasteiger partial charge in [0.25, 0.3) is 21.1 Å². The van der Waals surface area contributed by atoms with Gasteiger partial charge in [0.1, 0.15) is 0 Å². The van der Waals surface area contributed by atoms with Crippen molar-refractivity contribution in [3.8, 4) is 11.8 Å². The molecule has 0 bridgehead atoms. The Morgan fingerprint density at radius 1 is 1.16 bits per heavy atom. The molecule has 0 aliphatic carbocycles. The fourth-order valence-corrected chi connectivity index (χ4v) is 3.56. The number of nitrogens with one attached hydrogen (secondary N) is 1. The molecule has 25 heavy (non-hydrogen) atoms. The molecule has 0 fully saturated rings. The Morgan fingerprint density at radius 2 is 1.84 bits per heavy atom. The Labute approximate surface area is 152 Å². The summed E-state index contributed by atoms with van der Waals surface area (Å²) in [4.78, 5) is 7.94. The molecule has 2 aromatic heterocycles. The van der Waals surface area contributed by atoms with Gasteiger partial charge in [-0.05, 0) is 12.1 Å². The average Bonchev–Trinajstić information content (AvgIpc) is 3.04. The number of nitrogens with zero attached hydrogens (tertiary/aromatic N) is 4. The number of hydrogen-bond acceptors (Lipinski definition) is 7. The number of methoxy groups -OCH3 is 2. The second kappa shape index (κ2) is 6.54. The van der Waals surface area contributed by atoms with Crippen LogP contribution in [0.25, 0.3) is 5.65 Å². The molecule has 2 heterocycles. The summed E-state index contributed by atoms with van der Waals surface area (Å²) in [6.07, 6.45) is 1.33. The molecule has 12 heteroatoms. The van der Waals surface area contributed by atoms with Crippen LogP contribution >= 0.6 is 23.2 Å². The molecular formula is C13H11Cl2N5O4S. The van der Waals surface area contributed by atoms with E-state index in [0.29, 0.717) is 0 Å². The van der Waals surface area contributed by atoms with Crippen molar-refractivity contribution in [3.63, 3.8) is 0 Å². The predicted octanol–water partition coefficient (Wildman–Crippen LogP) is 2.25. The van der Waals surface area contributed by atoms with Crippen molar-refractivity contribution in [1.82, 2.24) is 19.6 Å². The maximum absolute atomic E-state index is 12.6. The van der Waals surface area contributed by atoms with Crippen LogP contribution in [0, 0.1) is 0 Å². The number of halogens is 2. The van der Waals surface area contributed by atoms with E-state index in [2.05, 4.69) is 19.8 Å². The molecule has 0 atom stereocenters. The number of benzene rings is 1. The normalized spacial score (nSPS) is 11.5. The lowest BCUT2D eigenvalue weighted by Crippen LogP contribution is -2.15. The van der Waals surface area contributed by atoms with E-state index in [1.807, 2.05) is 0 Å². The van der Waals surface area contributed by atoms with Gasteiger partial charge in [-0.1, -0.05) is 29.3 Å². The first kappa shape index (κ1) is 17.5. The molecule has 3 rings (SSSR count). The standard InChI is InChI=1S/C13H11Cl2N5O4S/c1-23-9-6-16-12(24-2)11-17-13(18-20(9)11)25(21,22)19-10-7(14)4-3-5-8(10)15/h3-6,19H,1-2H3. The van der Waals surface area contributed by atoms with Crippen molar-refractivity contribution in [3.05, 3.63) is 34.4 Å². The van der Waals surface area contributed by atoms with Crippen molar-refractivity contribution < 1.29 is 17.9 Å². The van der Waals surface area contributed by atoms with Crippen molar-refractivity contribution in [2.45, 2.75) is 5.16 Å². The maximum atomic E-state index is 12.6. The van der Waals surface area contributed by atoms with E-state index in [1.165, 1.54) is 32.5 Å². The largest absolute Gasteiger partial charge is 0.480 e. The first-order valence-corrected chi connectivity index (χ1v) is 8.92. The van der Waals surface area contributed by atoms with Crippen LogP contribution in [0.3, 0.4) is 0 Å². The zero-order chi connectivity index (χ0) is 18.2. The van der Waals surface area contributed by atoms with E-state index in [9.17, 15) is 8.42 Å². The minimum Gasteiger partial charge on any atom is -0.480 e. The maximum Gasteiger partial charge on any atom is 0.299 e. The topological polar surface area (TPSA) is 108 Å². The summed E-state index contributed by atoms with van der Waals surface area (Å²) in [6.45, 7) is 0. The Hall–Kier alpha value is -2.30. The van der Waals surface area contributed by atoms with E-state index < -0.39 is 15.2 Å². The fraction of sp³-hybridized carbons (Fsp3) is 0.154. The SMILES string of the molecule is COc1ncc(OC)n2nc(S(=O)(=O)Nc3c(Cl)cccc3Cl)nc12. The van der Waals surface area contributed by atoms with Gasteiger partial charge in [0, 0.05) is 0 Å². The molecule has 1 aromatic carbocycles. The van der Waals surface area contributed by atoms with Crippen LogP contribution in [-0.2, 0) is 10.0 Å². The van der Waals surface area contributed by atoms with Crippen molar-refractivity contribution in [2.75, 3.05) is 18.9 Å². The zero-order valence-corrected chi connectivity index (χ0v) is 15.2. The molecule has 1 N–H and O–H groups in total. The number of hydrogen-bond donors (Lipinski definition) is 1. The van der Waals surface area contributed by atoms with Gasteiger partial charge in [0.2, 0.25) is 11.5 Å². The number of anilines is 1. The van der Waals surface area contributed by atoms with Crippen LogP contribution in [0.15, 0.2) is 29.6 Å². The Morgan fingerprint density at radius 3 is 2.44 bits per heavy atom. The molecule has 0 saturated heterocycles. The fourth-order valence-electron chi connectivity index (χ4n) is 1.98. The lowest BCUT2D eigenvalue weighted by molar-refractivity contribution is 0.368. The van der Waals surface area contributed by atoms with Crippen LogP contribution in [0.1, 0.15) is 0 Å². The third-order valence-corrected chi connectivity index (χ3v) is 4.88. The molecule has 0 radical (unpaired) electrons. The molecule has 132 valence electrons. The summed E-state index contributed by atoms with van der Waals surface area (Å²) in [5.41, 5.74) is 0.106. The highest BCUT2D eigenvalue weighted by Gasteiger charge is 2.25. The number of ether oxygens (including phenoxy) is 2. The number of fused-ring (bicyclic) bond motifs is 1. The Bertz CT molecular complexity index is 993. The third-order valence-electron chi connectivity index (χ3n) is 3.12. The molecule has 0 unspecified atom stereocenters. The van der Waals surface area contributed by atoms with Crippen LogP contribution < -0.4 is 14.2 Å². The summed E-state index contributed by atoms with van der Waals surface area (Å²) in [5, 5.41) is 3.69. The van der Waals surface area contributed by atoms with E-state index >= 15 is 0 Å². The van der Waals surface area contributed by atoms with Gasteiger partial charge in [-0.2, -0.15) is 17.9 Å². The van der Waals surface area contributed by atoms with E-state index in [0.717, 1.165) is 4.52 Å². The van der Waals surface area contributed by atoms with Gasteiger partial charge in [0.05, 0.1) is 36.1 Å². The first-order valence-electron chi connectivity index (χ1n) is 6.68. The smallest absolute Gasteiger partial charge is 0.299 e. The highest BCUT2D eigenvalue weighted by molar-refractivity contribution is 7.92. The van der Waals surface area contributed by atoms with E-state index in [1.54, 1.807) is 6.07 Å². The number of sulfonamides is 1. The number of rotatable bonds is 5. The average molecular weight is 404 g/mol. The predicted molar refractivity (Wildman–Crippen MR) is 91.2 cm³/mol. The molecule has 0 spiro atoms. The van der Waals surface area contributed by atoms with E-state index in [-0.39, 0.29) is 33.1 Å². The van der Waals surface area contributed by atoms with Gasteiger partial charge >= 0.3 is 0 Å². The van der Waals surface area contributed by atoms with Gasteiger partial charge in [-0.3, -0.25) is 4.72 Å². The third kappa shape index (κ3) is 3.15. The summed E-state index contributed by atoms with van der Waals surface area (Å²) >= 11 is 12.0. The van der Waals surface area contributed by atoms with Crippen LogP contribution in [0.4, 0.5) is 5.69 Å². The van der Waals surface area contributed by atoms with Crippen LogP contribution in [-0.4, -0.2) is 42.2 Å². The van der Waals surface area contributed by atoms with Gasteiger partial charge in [0.15, 0.2) is 0 Å². The molecule has 0 saturated carbocycles. The second-order valence-corrected chi connectivity index (χ2v) is 7.03. The van der Waals surface area contributed by atoms with Gasteiger partial charge < -0.3 is 9.47 Å². The summed E-state index contributed by atoms with van der Waals surface area (Å²) in [7, 11) is -1.41. The second-order valence-electron chi connectivity index (χ2n) is 4.64. The summed E-state index contributed by atoms with van der Waals surface area (Å²) < 4.78 is 38.8. The number of aromatic nitrogens is 4. The summed E-state index contributed by atoms with van der Waals surface area (Å²) in [5.74, 6) is 0.269. The minimum atomic E-state index is -4.17. The number of para-hydroxylation sites is 1. The van der Waals surface area contributed by atoms with E-state index in [4.69, 9.17) is 32.7 Å². The molecular weight excluding hydrogens is 393 g/mol. The Kier molecular flexibility index (Phi) is 4.58. The minimum absolute atomic E-state index is 0.0294. The molecule has 0 amide bonds. The van der Waals surface area contributed by atoms with Crippen LogP contribution in [0.2, 0.25) is 10.0 Å². The molecule has 9 nitrogen and oxygen atoms in total. The summed E-state index contributed by atoms with van der Waals surface area (Å²) in [6, 6.07) is 4.59. The van der Waals surface area contributed by atoms with Gasteiger partial charge in [-0.25, -0.2) is 4.98 Å². The highest BCUT2D eigenvalue weighted by atomic mass is 35.5. The molecule has 0 aliphatic rings. The molecule has 3 aromatic rings. The van der Waals surface area contributed by atoms with Crippen molar-refractivity contribution in [2.24, 2.45) is 0 Å². The lowest BCUT2D eigenvalue weighted by atomic mass is 10.3. The van der Waals surface area contributed by atoms with Crippen molar-refractivity contribution in [1.29, 1.82) is 0 Å². The van der Waals surface area contributed by atoms with Gasteiger partial charge in [-0.15, -0.1) is 5.10 Å². The quantitative estimate of drug-likeness (QED) is 0.695. The van der Waals surface area contributed by atoms with Crippen molar-refractivity contribution >= 4 is 44.6 Å². The molecule has 0 aliphatic heterocycles. The Balaban J connectivity index is 2.12. The lowest BCUT2D eigenvalue weighted by Gasteiger charge is -2.08. The highest BCUT2D eigenvalue weighted by Crippen LogP contribution is 2.31.